The number of carbonyl (C=O) groups is 4. The summed E-state index contributed by atoms with van der Waals surface area (Å²) in [5.74, 6) is -3.82. The molecule has 2 aliphatic carbocycles. The van der Waals surface area contributed by atoms with Crippen LogP contribution in [0.1, 0.15) is 24.3 Å². The van der Waals surface area contributed by atoms with E-state index in [1.165, 1.54) is 9.80 Å². The highest BCUT2D eigenvalue weighted by Crippen LogP contribution is 2.58. The third kappa shape index (κ3) is 5.87. The number of carbonyl (C=O) groups excluding carboxylic acids is 4. The molecule has 0 radical (unpaired) electrons. The highest BCUT2D eigenvalue weighted by atomic mass is 16.5. The van der Waals surface area contributed by atoms with Gasteiger partial charge in [0.15, 0.2) is 0 Å². The maximum atomic E-state index is 14.6. The molecule has 9 rings (SSSR count). The van der Waals surface area contributed by atoms with Gasteiger partial charge in [-0.05, 0) is 85.0 Å². The second-order valence-corrected chi connectivity index (χ2v) is 14.9. The highest BCUT2D eigenvalue weighted by molar-refractivity contribution is 6.24. The fourth-order valence-corrected chi connectivity index (χ4v) is 9.68. The number of rotatable bonds is 8. The summed E-state index contributed by atoms with van der Waals surface area (Å²) in [5.41, 5.74) is 4.87. The number of hydrogen-bond donors (Lipinski definition) is 1. The van der Waals surface area contributed by atoms with Crippen LogP contribution in [0.25, 0.3) is 0 Å². The predicted molar refractivity (Wildman–Crippen MR) is 200 cm³/mol. The van der Waals surface area contributed by atoms with E-state index < -0.39 is 35.5 Å². The molecule has 0 bridgehead atoms. The Bertz CT molecular complexity index is 1950. The number of aliphatic hydroxyl groups excluding tert-OH is 1. The first-order chi connectivity index (χ1) is 26.4. The standard InChI is InChI=1S/C42H44N4O8/c47-19-24-54-31-11-1-26(2-12-31)36-32-13-14-33-37(41(50)45(39(33)48)29-7-3-27(4-8-29)43-15-20-52-21-16-43)34(32)25-35-38(36)42(51)46(40(35)49)30-9-5-28(6-10-30)44-17-22-53-23-18-44/h1-13,33-38,47H,14-25H2. The first kappa shape index (κ1) is 34.7. The maximum Gasteiger partial charge on any atom is 0.238 e. The highest BCUT2D eigenvalue weighted by Gasteiger charge is 2.62. The van der Waals surface area contributed by atoms with Crippen LogP contribution in [0.3, 0.4) is 0 Å². The largest absolute Gasteiger partial charge is 0.491 e. The van der Waals surface area contributed by atoms with Crippen molar-refractivity contribution in [2.75, 3.05) is 85.4 Å². The molecular weight excluding hydrogens is 688 g/mol. The SMILES string of the molecule is O=C1C2CC=C3C(CC4C(=O)N(c5ccc(N6CCOCC6)cc5)C(=O)C4C3c3ccc(OCCO)cc3)C2C(=O)N1c1ccc(N2CCOCC2)cc1. The van der Waals surface area contributed by atoms with E-state index in [0.29, 0.717) is 56.4 Å². The minimum absolute atomic E-state index is 0.118. The number of nitrogens with zero attached hydrogens (tertiary/aromatic N) is 4. The lowest BCUT2D eigenvalue weighted by atomic mass is 9.57. The lowest BCUT2D eigenvalue weighted by Gasteiger charge is -2.44. The van der Waals surface area contributed by atoms with Crippen molar-refractivity contribution in [3.05, 3.63) is 90.0 Å². The van der Waals surface area contributed by atoms with Crippen molar-refractivity contribution in [3.63, 3.8) is 0 Å². The average molecular weight is 733 g/mol. The average Bonchev–Trinajstić information content (AvgIpc) is 3.63. The van der Waals surface area contributed by atoms with Gasteiger partial charge in [-0.3, -0.25) is 29.0 Å². The molecule has 54 heavy (non-hydrogen) atoms. The summed E-state index contributed by atoms with van der Waals surface area (Å²) in [4.78, 5) is 64.8. The predicted octanol–water partition coefficient (Wildman–Crippen LogP) is 3.78. The third-order valence-electron chi connectivity index (χ3n) is 12.2. The second-order valence-electron chi connectivity index (χ2n) is 14.9. The Labute approximate surface area is 313 Å². The molecule has 0 spiro atoms. The van der Waals surface area contributed by atoms with Crippen molar-refractivity contribution in [1.82, 2.24) is 0 Å². The van der Waals surface area contributed by atoms with Gasteiger partial charge in [0.05, 0.1) is 68.1 Å². The van der Waals surface area contributed by atoms with Crippen LogP contribution < -0.4 is 24.3 Å². The zero-order chi connectivity index (χ0) is 36.9. The van der Waals surface area contributed by atoms with E-state index in [2.05, 4.69) is 15.9 Å². The van der Waals surface area contributed by atoms with Gasteiger partial charge in [0.2, 0.25) is 23.6 Å². The topological polar surface area (TPSA) is 129 Å². The van der Waals surface area contributed by atoms with Crippen LogP contribution in [0.5, 0.6) is 5.75 Å². The summed E-state index contributed by atoms with van der Waals surface area (Å²) >= 11 is 0. The zero-order valence-electron chi connectivity index (χ0n) is 30.0. The Balaban J connectivity index is 1.04. The van der Waals surface area contributed by atoms with E-state index in [-0.39, 0.29) is 36.8 Å². The molecule has 0 aromatic heterocycles. The molecule has 4 amide bonds. The Morgan fingerprint density at radius 2 is 1.09 bits per heavy atom. The van der Waals surface area contributed by atoms with Crippen LogP contribution in [0.2, 0.25) is 0 Å². The van der Waals surface area contributed by atoms with Gasteiger partial charge in [-0.2, -0.15) is 0 Å². The monoisotopic (exact) mass is 732 g/mol. The summed E-state index contributed by atoms with van der Waals surface area (Å²) in [6, 6.07) is 22.6. The van der Waals surface area contributed by atoms with Crippen molar-refractivity contribution in [1.29, 1.82) is 0 Å². The van der Waals surface area contributed by atoms with Crippen molar-refractivity contribution in [2.45, 2.75) is 18.8 Å². The summed E-state index contributed by atoms with van der Waals surface area (Å²) in [6.45, 7) is 5.74. The molecule has 4 aliphatic heterocycles. The van der Waals surface area contributed by atoms with Crippen LogP contribution in [0.15, 0.2) is 84.4 Å². The minimum atomic E-state index is -0.671. The van der Waals surface area contributed by atoms with E-state index in [1.54, 1.807) is 0 Å². The molecule has 1 N–H and O–H groups in total. The normalized spacial score (nSPS) is 28.2. The molecular formula is C42H44N4O8. The zero-order valence-corrected chi connectivity index (χ0v) is 30.0. The molecule has 1 saturated carbocycles. The lowest BCUT2D eigenvalue weighted by Crippen LogP contribution is -2.43. The van der Waals surface area contributed by atoms with E-state index in [9.17, 15) is 24.3 Å². The second kappa shape index (κ2) is 14.3. The molecule has 6 aliphatic rings. The molecule has 3 aromatic carbocycles. The number of imide groups is 2. The summed E-state index contributed by atoms with van der Waals surface area (Å²) in [6.07, 6.45) is 2.75. The number of allylic oxidation sites excluding steroid dienone is 2. The molecule has 280 valence electrons. The van der Waals surface area contributed by atoms with Gasteiger partial charge in [0, 0.05) is 43.5 Å². The molecule has 4 saturated heterocycles. The van der Waals surface area contributed by atoms with Gasteiger partial charge in [0.1, 0.15) is 12.4 Å². The third-order valence-corrected chi connectivity index (χ3v) is 12.2. The summed E-state index contributed by atoms with van der Waals surface area (Å²) in [5, 5.41) is 9.27. The Kier molecular flexibility index (Phi) is 9.20. The first-order valence-corrected chi connectivity index (χ1v) is 19.1. The minimum Gasteiger partial charge on any atom is -0.491 e. The van der Waals surface area contributed by atoms with Crippen LogP contribution in [-0.2, 0) is 28.7 Å². The number of ether oxygens (including phenoxy) is 3. The Morgan fingerprint density at radius 1 is 0.593 bits per heavy atom. The fraction of sp³-hybridized carbons (Fsp3) is 0.429. The Morgan fingerprint density at radius 3 is 1.63 bits per heavy atom. The first-order valence-electron chi connectivity index (χ1n) is 19.1. The number of fused-ring (bicyclic) bond motifs is 4. The van der Waals surface area contributed by atoms with Gasteiger partial charge in [0.25, 0.3) is 0 Å². The molecule has 6 atom stereocenters. The van der Waals surface area contributed by atoms with E-state index in [0.717, 1.165) is 48.7 Å². The molecule has 12 heteroatoms. The van der Waals surface area contributed by atoms with E-state index in [1.807, 2.05) is 72.8 Å². The number of benzene rings is 3. The van der Waals surface area contributed by atoms with Crippen LogP contribution >= 0.6 is 0 Å². The van der Waals surface area contributed by atoms with Gasteiger partial charge in [-0.15, -0.1) is 0 Å². The maximum absolute atomic E-state index is 14.6. The van der Waals surface area contributed by atoms with Crippen molar-refractivity contribution in [2.24, 2.45) is 29.6 Å². The molecule has 6 unspecified atom stereocenters. The number of aliphatic hydroxyl groups is 1. The molecule has 3 aromatic rings. The van der Waals surface area contributed by atoms with Crippen LogP contribution in [0, 0.1) is 29.6 Å². The van der Waals surface area contributed by atoms with Gasteiger partial charge >= 0.3 is 0 Å². The quantitative estimate of drug-likeness (QED) is 0.270. The van der Waals surface area contributed by atoms with Gasteiger partial charge in [-0.25, -0.2) is 0 Å². The smallest absolute Gasteiger partial charge is 0.238 e. The van der Waals surface area contributed by atoms with Crippen molar-refractivity contribution < 1.29 is 38.5 Å². The molecule has 4 heterocycles. The summed E-state index contributed by atoms with van der Waals surface area (Å²) < 4.78 is 16.6. The van der Waals surface area contributed by atoms with Gasteiger partial charge in [-0.1, -0.05) is 23.8 Å². The molecule has 5 fully saturated rings. The number of hydrogen-bond acceptors (Lipinski definition) is 10. The lowest BCUT2D eigenvalue weighted by molar-refractivity contribution is -0.126. The number of amides is 4. The fourth-order valence-electron chi connectivity index (χ4n) is 9.68. The van der Waals surface area contributed by atoms with Crippen LogP contribution in [0.4, 0.5) is 22.7 Å². The summed E-state index contributed by atoms with van der Waals surface area (Å²) in [7, 11) is 0. The Hall–Kier alpha value is -5.04. The number of morpholine rings is 2. The van der Waals surface area contributed by atoms with E-state index >= 15 is 0 Å². The molecule has 12 nitrogen and oxygen atoms in total. The van der Waals surface area contributed by atoms with Crippen molar-refractivity contribution >= 4 is 46.4 Å². The van der Waals surface area contributed by atoms with E-state index in [4.69, 9.17) is 14.2 Å². The van der Waals surface area contributed by atoms with Gasteiger partial charge < -0.3 is 29.1 Å². The van der Waals surface area contributed by atoms with Crippen molar-refractivity contribution in [3.8, 4) is 5.75 Å². The van der Waals surface area contributed by atoms with Crippen LogP contribution in [-0.4, -0.2) is 94.6 Å². The number of anilines is 4.